The molecule has 1 unspecified atom stereocenters. The highest BCUT2D eigenvalue weighted by atomic mass is 16.6. The zero-order valence-corrected chi connectivity index (χ0v) is 40.4. The van der Waals surface area contributed by atoms with E-state index in [0.29, 0.717) is 12.8 Å². The molecule has 0 bridgehead atoms. The molecule has 0 spiro atoms. The molecule has 0 aromatic rings. The van der Waals surface area contributed by atoms with Crippen LogP contribution in [-0.2, 0) is 19.1 Å². The number of esters is 2. The van der Waals surface area contributed by atoms with E-state index in [1.165, 1.54) is 109 Å². The predicted octanol–water partition coefficient (Wildman–Crippen LogP) is 17.2. The normalized spacial score (nSPS) is 13.0. The van der Waals surface area contributed by atoms with Crippen LogP contribution in [0.4, 0.5) is 0 Å². The third kappa shape index (κ3) is 49.5. The molecule has 0 rings (SSSR count). The van der Waals surface area contributed by atoms with Crippen LogP contribution in [0.15, 0.2) is 97.2 Å². The van der Waals surface area contributed by atoms with Crippen molar-refractivity contribution in [3.8, 4) is 0 Å². The van der Waals surface area contributed by atoms with E-state index >= 15 is 0 Å². The lowest BCUT2D eigenvalue weighted by molar-refractivity contribution is -0.161. The number of aliphatic hydroxyl groups excluding tert-OH is 1. The molecule has 0 aliphatic carbocycles. The number of unbranched alkanes of at least 4 members (excludes halogenated alkanes) is 22. The Labute approximate surface area is 383 Å². The molecule has 354 valence electrons. The van der Waals surface area contributed by atoms with Crippen LogP contribution in [0.2, 0.25) is 0 Å². The van der Waals surface area contributed by atoms with E-state index in [0.717, 1.165) is 96.3 Å². The minimum atomic E-state index is -0.780. The summed E-state index contributed by atoms with van der Waals surface area (Å²) in [5, 5.41) is 9.62. The van der Waals surface area contributed by atoms with Crippen molar-refractivity contribution in [2.24, 2.45) is 0 Å². The molecule has 0 saturated carbocycles. The second kappa shape index (κ2) is 52.2. The van der Waals surface area contributed by atoms with E-state index in [2.05, 4.69) is 111 Å². The van der Waals surface area contributed by atoms with E-state index in [1.54, 1.807) is 0 Å². The Morgan fingerprint density at radius 1 is 0.387 bits per heavy atom. The Kier molecular flexibility index (Phi) is 49.5. The van der Waals surface area contributed by atoms with E-state index < -0.39 is 6.10 Å². The number of hydrogen-bond acceptors (Lipinski definition) is 5. The quantitative estimate of drug-likeness (QED) is 0.0375. The molecular formula is C57H96O5. The lowest BCUT2D eigenvalue weighted by Crippen LogP contribution is -2.28. The van der Waals surface area contributed by atoms with Gasteiger partial charge in [0.25, 0.3) is 0 Å². The lowest BCUT2D eigenvalue weighted by Gasteiger charge is -2.15. The SMILES string of the molecule is CC/C=C\C/C=C\C/C=C\C/C=C\C/C=C\C/C=C\C/C=C\C/C=C\CCCCCCCCCCC(=O)OC(CO)COC(=O)CCCCCCCCCCCCCCCCC. The molecule has 5 nitrogen and oxygen atoms in total. The standard InChI is InChI=1S/C57H96O5/c1-3-5-7-9-11-13-15-17-19-20-21-22-23-24-25-26-27-28-29-30-31-32-33-34-35-36-38-40-42-44-46-48-50-52-57(60)62-55(53-58)54-61-56(59)51-49-47-45-43-41-39-37-18-16-14-12-10-8-6-4-2/h5,7,11,13,17,19,21-22,24-25,27-28,30-31,33-34,55,58H,3-4,6,8-10,12,14-16,18,20,23,26,29,32,35-54H2,1-2H3/b7-5-,13-11-,19-17-,22-21-,25-24-,28-27-,31-30-,34-33-. The van der Waals surface area contributed by atoms with Gasteiger partial charge in [-0.05, 0) is 77.0 Å². The van der Waals surface area contributed by atoms with Crippen molar-refractivity contribution in [3.05, 3.63) is 97.2 Å². The van der Waals surface area contributed by atoms with Gasteiger partial charge in [0.15, 0.2) is 6.10 Å². The van der Waals surface area contributed by atoms with Crippen molar-refractivity contribution < 1.29 is 24.2 Å². The third-order valence-corrected chi connectivity index (χ3v) is 10.9. The van der Waals surface area contributed by atoms with E-state index in [9.17, 15) is 14.7 Å². The first-order valence-electron chi connectivity index (χ1n) is 25.8. The maximum Gasteiger partial charge on any atom is 0.306 e. The van der Waals surface area contributed by atoms with Crippen LogP contribution in [0.1, 0.15) is 232 Å². The van der Waals surface area contributed by atoms with Crippen LogP contribution in [0.5, 0.6) is 0 Å². The fraction of sp³-hybridized carbons (Fsp3) is 0.684. The average molecular weight is 861 g/mol. The van der Waals surface area contributed by atoms with Gasteiger partial charge in [-0.15, -0.1) is 0 Å². The molecule has 0 aliphatic heterocycles. The number of aliphatic hydroxyl groups is 1. The zero-order valence-electron chi connectivity index (χ0n) is 40.4. The molecule has 5 heteroatoms. The minimum Gasteiger partial charge on any atom is -0.462 e. The van der Waals surface area contributed by atoms with Gasteiger partial charge in [0.05, 0.1) is 6.61 Å². The van der Waals surface area contributed by atoms with Crippen LogP contribution in [0.3, 0.4) is 0 Å². The molecule has 1 atom stereocenters. The molecule has 0 aromatic carbocycles. The van der Waals surface area contributed by atoms with Crippen LogP contribution in [-0.4, -0.2) is 36.4 Å². The zero-order chi connectivity index (χ0) is 44.9. The summed E-state index contributed by atoms with van der Waals surface area (Å²) in [5.74, 6) is -0.599. The number of carbonyl (C=O) groups is 2. The molecule has 0 radical (unpaired) electrons. The van der Waals surface area contributed by atoms with Crippen LogP contribution >= 0.6 is 0 Å². The van der Waals surface area contributed by atoms with Gasteiger partial charge in [-0.3, -0.25) is 9.59 Å². The van der Waals surface area contributed by atoms with Gasteiger partial charge in [0, 0.05) is 12.8 Å². The molecule has 0 amide bonds. The topological polar surface area (TPSA) is 72.8 Å². The Hall–Kier alpha value is -3.18. The van der Waals surface area contributed by atoms with Gasteiger partial charge in [-0.1, -0.05) is 239 Å². The summed E-state index contributed by atoms with van der Waals surface area (Å²) in [7, 11) is 0. The predicted molar refractivity (Wildman–Crippen MR) is 269 cm³/mol. The highest BCUT2D eigenvalue weighted by Gasteiger charge is 2.16. The summed E-state index contributed by atoms with van der Waals surface area (Å²) >= 11 is 0. The van der Waals surface area contributed by atoms with Crippen LogP contribution in [0.25, 0.3) is 0 Å². The fourth-order valence-corrected chi connectivity index (χ4v) is 7.04. The summed E-state index contributed by atoms with van der Waals surface area (Å²) < 4.78 is 10.7. The van der Waals surface area contributed by atoms with Crippen molar-refractivity contribution >= 4 is 11.9 Å². The Bertz CT molecular complexity index is 1200. The van der Waals surface area contributed by atoms with Crippen molar-refractivity contribution in [3.63, 3.8) is 0 Å². The summed E-state index contributed by atoms with van der Waals surface area (Å²) in [5.41, 5.74) is 0. The Morgan fingerprint density at radius 3 is 1.05 bits per heavy atom. The number of carbonyl (C=O) groups excluding carboxylic acids is 2. The smallest absolute Gasteiger partial charge is 0.306 e. The van der Waals surface area contributed by atoms with Crippen LogP contribution < -0.4 is 0 Å². The number of hydrogen-bond donors (Lipinski definition) is 1. The van der Waals surface area contributed by atoms with E-state index in [1.807, 2.05) is 0 Å². The van der Waals surface area contributed by atoms with Gasteiger partial charge < -0.3 is 14.6 Å². The highest BCUT2D eigenvalue weighted by molar-refractivity contribution is 5.70. The van der Waals surface area contributed by atoms with Gasteiger partial charge in [0.1, 0.15) is 6.61 Å². The lowest BCUT2D eigenvalue weighted by atomic mass is 10.0. The number of ether oxygens (including phenoxy) is 2. The molecule has 0 fully saturated rings. The van der Waals surface area contributed by atoms with Gasteiger partial charge in [-0.2, -0.15) is 0 Å². The molecule has 1 N–H and O–H groups in total. The number of rotatable bonds is 46. The van der Waals surface area contributed by atoms with Crippen molar-refractivity contribution in [2.75, 3.05) is 13.2 Å². The maximum absolute atomic E-state index is 12.3. The summed E-state index contributed by atoms with van der Waals surface area (Å²) in [6, 6.07) is 0. The van der Waals surface area contributed by atoms with Crippen molar-refractivity contribution in [2.45, 2.75) is 238 Å². The Balaban J connectivity index is 3.58. The van der Waals surface area contributed by atoms with E-state index in [-0.39, 0.29) is 25.2 Å². The first-order chi connectivity index (χ1) is 30.6. The molecule has 0 heterocycles. The largest absolute Gasteiger partial charge is 0.462 e. The molecule has 0 saturated heterocycles. The second-order valence-corrected chi connectivity index (χ2v) is 16.9. The first kappa shape index (κ1) is 58.8. The van der Waals surface area contributed by atoms with Gasteiger partial charge >= 0.3 is 11.9 Å². The second-order valence-electron chi connectivity index (χ2n) is 16.9. The summed E-state index contributed by atoms with van der Waals surface area (Å²) in [6.07, 6.45) is 73.5. The van der Waals surface area contributed by atoms with Crippen molar-refractivity contribution in [1.82, 2.24) is 0 Å². The maximum atomic E-state index is 12.3. The monoisotopic (exact) mass is 861 g/mol. The molecule has 62 heavy (non-hydrogen) atoms. The highest BCUT2D eigenvalue weighted by Crippen LogP contribution is 2.15. The average Bonchev–Trinajstić information content (AvgIpc) is 3.28. The van der Waals surface area contributed by atoms with Gasteiger partial charge in [0.2, 0.25) is 0 Å². The first-order valence-corrected chi connectivity index (χ1v) is 25.8. The Morgan fingerprint density at radius 2 is 0.694 bits per heavy atom. The number of allylic oxidation sites excluding steroid dienone is 16. The molecule has 0 aromatic heterocycles. The third-order valence-electron chi connectivity index (χ3n) is 10.9. The van der Waals surface area contributed by atoms with Gasteiger partial charge in [-0.25, -0.2) is 0 Å². The van der Waals surface area contributed by atoms with Crippen LogP contribution in [0, 0.1) is 0 Å². The molecular weight excluding hydrogens is 765 g/mol. The van der Waals surface area contributed by atoms with E-state index in [4.69, 9.17) is 9.47 Å². The fourth-order valence-electron chi connectivity index (χ4n) is 7.04. The summed E-state index contributed by atoms with van der Waals surface area (Å²) in [4.78, 5) is 24.4. The summed E-state index contributed by atoms with van der Waals surface area (Å²) in [6.45, 7) is 4.03. The molecule has 0 aliphatic rings. The van der Waals surface area contributed by atoms with Crippen molar-refractivity contribution in [1.29, 1.82) is 0 Å². The minimum absolute atomic E-state index is 0.0711.